The van der Waals surface area contributed by atoms with Crippen molar-refractivity contribution >= 4 is 41.3 Å². The molecule has 2 aromatic rings. The molecule has 0 aliphatic carbocycles. The van der Waals surface area contributed by atoms with Crippen LogP contribution in [-0.2, 0) is 13.0 Å². The molecule has 0 aliphatic rings. The molecule has 21 heavy (non-hydrogen) atoms. The van der Waals surface area contributed by atoms with E-state index >= 15 is 0 Å². The zero-order valence-corrected chi connectivity index (χ0v) is 15.5. The molecule has 0 saturated carbocycles. The van der Waals surface area contributed by atoms with Crippen molar-refractivity contribution in [2.75, 3.05) is 13.6 Å². The first-order chi connectivity index (χ1) is 9.70. The van der Waals surface area contributed by atoms with Gasteiger partial charge in [0.2, 0.25) is 0 Å². The van der Waals surface area contributed by atoms with Crippen LogP contribution in [0.2, 0.25) is 0 Å². The second-order valence-electron chi connectivity index (χ2n) is 4.33. The topological polar surface area (TPSA) is 75.3 Å². The van der Waals surface area contributed by atoms with Gasteiger partial charge in [-0.2, -0.15) is 0 Å². The predicted octanol–water partition coefficient (Wildman–Crippen LogP) is 2.27. The molecule has 0 spiro atoms. The van der Waals surface area contributed by atoms with E-state index in [0.29, 0.717) is 6.54 Å². The van der Waals surface area contributed by atoms with Crippen LogP contribution in [0.25, 0.3) is 0 Å². The number of nitrogens with one attached hydrogen (secondary N) is 2. The van der Waals surface area contributed by atoms with Crippen LogP contribution in [0, 0.1) is 13.8 Å². The van der Waals surface area contributed by atoms with Gasteiger partial charge in [-0.3, -0.25) is 4.99 Å². The summed E-state index contributed by atoms with van der Waals surface area (Å²) in [4.78, 5) is 8.44. The minimum absolute atomic E-state index is 0. The number of halogens is 1. The Hall–Kier alpha value is -1.16. The minimum atomic E-state index is 0. The maximum Gasteiger partial charge on any atom is 0.191 e. The standard InChI is InChI=1S/C13H19N5OS.HI/c1-9-11(10(2)19-18-9)8-17-13(14-3)16-5-4-12-15-6-7-20-12;/h6-7H,4-5,8H2,1-3H3,(H2,14,16,17);1H. The first-order valence-corrected chi connectivity index (χ1v) is 7.33. The van der Waals surface area contributed by atoms with Crippen molar-refractivity contribution in [3.8, 4) is 0 Å². The van der Waals surface area contributed by atoms with Gasteiger partial charge in [0.15, 0.2) is 5.96 Å². The van der Waals surface area contributed by atoms with Gasteiger partial charge in [-0.1, -0.05) is 5.16 Å². The fourth-order valence-electron chi connectivity index (χ4n) is 1.81. The summed E-state index contributed by atoms with van der Waals surface area (Å²) < 4.78 is 5.13. The Morgan fingerprint density at radius 1 is 1.38 bits per heavy atom. The number of nitrogens with zero attached hydrogens (tertiary/aromatic N) is 3. The SMILES string of the molecule is CN=C(NCCc1nccs1)NCc1c(C)noc1C.I. The molecule has 116 valence electrons. The highest BCUT2D eigenvalue weighted by Gasteiger charge is 2.09. The number of rotatable bonds is 5. The van der Waals surface area contributed by atoms with E-state index in [1.807, 2.05) is 25.4 Å². The van der Waals surface area contributed by atoms with Crippen molar-refractivity contribution in [1.29, 1.82) is 0 Å². The molecule has 2 N–H and O–H groups in total. The van der Waals surface area contributed by atoms with Gasteiger partial charge in [0.1, 0.15) is 5.76 Å². The summed E-state index contributed by atoms with van der Waals surface area (Å²) in [5, 5.41) is 13.6. The second-order valence-corrected chi connectivity index (χ2v) is 5.31. The van der Waals surface area contributed by atoms with Crippen molar-refractivity contribution in [3.05, 3.63) is 33.6 Å². The third kappa shape index (κ3) is 5.27. The molecule has 0 bridgehead atoms. The van der Waals surface area contributed by atoms with Crippen LogP contribution < -0.4 is 10.6 Å². The second kappa shape index (κ2) is 8.98. The maximum atomic E-state index is 5.13. The lowest BCUT2D eigenvalue weighted by molar-refractivity contribution is 0.392. The summed E-state index contributed by atoms with van der Waals surface area (Å²) in [5.41, 5.74) is 1.99. The zero-order chi connectivity index (χ0) is 14.4. The van der Waals surface area contributed by atoms with Gasteiger partial charge in [-0.15, -0.1) is 35.3 Å². The number of guanidine groups is 1. The van der Waals surface area contributed by atoms with E-state index in [1.165, 1.54) is 0 Å². The molecule has 0 aromatic carbocycles. The molecule has 0 aliphatic heterocycles. The van der Waals surface area contributed by atoms with Crippen molar-refractivity contribution in [1.82, 2.24) is 20.8 Å². The van der Waals surface area contributed by atoms with Crippen molar-refractivity contribution in [2.45, 2.75) is 26.8 Å². The van der Waals surface area contributed by atoms with Gasteiger partial charge in [-0.25, -0.2) is 4.98 Å². The Balaban J connectivity index is 0.00000220. The Morgan fingerprint density at radius 2 is 2.19 bits per heavy atom. The number of thiazole rings is 1. The molecule has 2 rings (SSSR count). The highest BCUT2D eigenvalue weighted by molar-refractivity contribution is 14.0. The van der Waals surface area contributed by atoms with E-state index in [-0.39, 0.29) is 24.0 Å². The summed E-state index contributed by atoms with van der Waals surface area (Å²) in [6.07, 6.45) is 2.72. The van der Waals surface area contributed by atoms with Crippen LogP contribution in [0.1, 0.15) is 22.0 Å². The van der Waals surface area contributed by atoms with Crippen molar-refractivity contribution in [3.63, 3.8) is 0 Å². The van der Waals surface area contributed by atoms with Crippen LogP contribution in [0.5, 0.6) is 0 Å². The molecule has 0 fully saturated rings. The van der Waals surface area contributed by atoms with Crippen LogP contribution in [0.4, 0.5) is 0 Å². The maximum absolute atomic E-state index is 5.13. The summed E-state index contributed by atoms with van der Waals surface area (Å²) >= 11 is 1.67. The minimum Gasteiger partial charge on any atom is -0.361 e. The normalized spacial score (nSPS) is 11.1. The number of aliphatic imine (C=N–C) groups is 1. The highest BCUT2D eigenvalue weighted by atomic mass is 127. The monoisotopic (exact) mass is 421 g/mol. The molecule has 0 amide bonds. The molecule has 0 saturated heterocycles. The Kier molecular flexibility index (Phi) is 7.65. The van der Waals surface area contributed by atoms with E-state index < -0.39 is 0 Å². The molecular weight excluding hydrogens is 401 g/mol. The summed E-state index contributed by atoms with van der Waals surface area (Å²) in [7, 11) is 1.76. The van der Waals surface area contributed by atoms with Crippen LogP contribution in [0.15, 0.2) is 21.1 Å². The Bertz CT molecular complexity index is 548. The largest absolute Gasteiger partial charge is 0.361 e. The fraction of sp³-hybridized carbons (Fsp3) is 0.462. The quantitative estimate of drug-likeness (QED) is 0.440. The average Bonchev–Trinajstić information content (AvgIpc) is 3.06. The van der Waals surface area contributed by atoms with Crippen LogP contribution in [0.3, 0.4) is 0 Å². The van der Waals surface area contributed by atoms with Crippen molar-refractivity contribution < 1.29 is 4.52 Å². The number of aryl methyl sites for hydroxylation is 2. The predicted molar refractivity (Wildman–Crippen MR) is 95.4 cm³/mol. The van der Waals surface area contributed by atoms with Gasteiger partial charge >= 0.3 is 0 Å². The van der Waals surface area contributed by atoms with Crippen LogP contribution >= 0.6 is 35.3 Å². The lowest BCUT2D eigenvalue weighted by Gasteiger charge is -2.11. The zero-order valence-electron chi connectivity index (χ0n) is 12.3. The molecule has 2 heterocycles. The fourth-order valence-corrected chi connectivity index (χ4v) is 2.43. The number of hydrogen-bond donors (Lipinski definition) is 2. The van der Waals surface area contributed by atoms with E-state index in [4.69, 9.17) is 4.52 Å². The summed E-state index contributed by atoms with van der Waals surface area (Å²) in [6, 6.07) is 0. The summed E-state index contributed by atoms with van der Waals surface area (Å²) in [5.74, 6) is 1.61. The van der Waals surface area contributed by atoms with E-state index in [9.17, 15) is 0 Å². The van der Waals surface area contributed by atoms with Gasteiger partial charge in [-0.05, 0) is 13.8 Å². The van der Waals surface area contributed by atoms with E-state index in [1.54, 1.807) is 18.4 Å². The highest BCUT2D eigenvalue weighted by Crippen LogP contribution is 2.11. The van der Waals surface area contributed by atoms with Gasteiger partial charge in [0.25, 0.3) is 0 Å². The summed E-state index contributed by atoms with van der Waals surface area (Å²) in [6.45, 7) is 5.30. The van der Waals surface area contributed by atoms with Gasteiger partial charge in [0, 0.05) is 43.7 Å². The lowest BCUT2D eigenvalue weighted by Crippen LogP contribution is -2.38. The molecule has 0 atom stereocenters. The third-order valence-electron chi connectivity index (χ3n) is 2.95. The van der Waals surface area contributed by atoms with Gasteiger partial charge in [0.05, 0.1) is 10.7 Å². The lowest BCUT2D eigenvalue weighted by atomic mass is 10.2. The smallest absolute Gasteiger partial charge is 0.191 e. The first-order valence-electron chi connectivity index (χ1n) is 6.45. The molecular formula is C13H20IN5OS. The third-order valence-corrected chi connectivity index (χ3v) is 3.79. The average molecular weight is 421 g/mol. The Morgan fingerprint density at radius 3 is 2.76 bits per heavy atom. The van der Waals surface area contributed by atoms with Gasteiger partial charge < -0.3 is 15.2 Å². The molecule has 0 radical (unpaired) electrons. The first kappa shape index (κ1) is 17.9. The molecule has 6 nitrogen and oxygen atoms in total. The number of hydrogen-bond acceptors (Lipinski definition) is 5. The number of aromatic nitrogens is 2. The molecule has 0 unspecified atom stereocenters. The molecule has 2 aromatic heterocycles. The van der Waals surface area contributed by atoms with Crippen molar-refractivity contribution in [2.24, 2.45) is 4.99 Å². The molecule has 8 heteroatoms. The van der Waals surface area contributed by atoms with E-state index in [0.717, 1.165) is 41.0 Å². The van der Waals surface area contributed by atoms with E-state index in [2.05, 4.69) is 25.8 Å². The van der Waals surface area contributed by atoms with Crippen LogP contribution in [-0.4, -0.2) is 29.7 Å². The Labute approximate surface area is 145 Å².